The van der Waals surface area contributed by atoms with Gasteiger partial charge in [0.1, 0.15) is 17.6 Å². The molecule has 0 aromatic carbocycles. The summed E-state index contributed by atoms with van der Waals surface area (Å²) in [6.45, 7) is 0.339. The van der Waals surface area contributed by atoms with E-state index in [1.54, 1.807) is 50.0 Å². The predicted molar refractivity (Wildman–Crippen MR) is 69.2 cm³/mol. The summed E-state index contributed by atoms with van der Waals surface area (Å²) >= 11 is 0. The summed E-state index contributed by atoms with van der Waals surface area (Å²) in [5.41, 5.74) is 0. The van der Waals surface area contributed by atoms with E-state index in [0.29, 0.717) is 18.1 Å². The highest BCUT2D eigenvalue weighted by Gasteiger charge is 2.13. The first-order valence-electron chi connectivity index (χ1n) is 5.85. The molecule has 0 saturated heterocycles. The fourth-order valence-electron chi connectivity index (χ4n) is 1.57. The van der Waals surface area contributed by atoms with Gasteiger partial charge >= 0.3 is 0 Å². The van der Waals surface area contributed by atoms with Gasteiger partial charge in [-0.3, -0.25) is 4.79 Å². The Hall–Kier alpha value is -2.27. The van der Waals surface area contributed by atoms with E-state index in [1.165, 1.54) is 6.08 Å². The van der Waals surface area contributed by atoms with Crippen molar-refractivity contribution in [2.24, 2.45) is 0 Å². The third-order valence-electron chi connectivity index (χ3n) is 2.55. The molecular formula is C14H15NO4. The summed E-state index contributed by atoms with van der Waals surface area (Å²) < 4.78 is 15.6. The summed E-state index contributed by atoms with van der Waals surface area (Å²) in [6, 6.07) is 7.11. The van der Waals surface area contributed by atoms with Gasteiger partial charge in [0, 0.05) is 13.2 Å². The van der Waals surface area contributed by atoms with Crippen molar-refractivity contribution >= 4 is 12.0 Å². The van der Waals surface area contributed by atoms with Crippen molar-refractivity contribution in [3.63, 3.8) is 0 Å². The molecule has 0 spiro atoms. The minimum absolute atomic E-state index is 0.218. The van der Waals surface area contributed by atoms with Crippen molar-refractivity contribution in [1.82, 2.24) is 5.32 Å². The smallest absolute Gasteiger partial charge is 0.244 e. The van der Waals surface area contributed by atoms with Gasteiger partial charge in [0.2, 0.25) is 5.91 Å². The zero-order valence-corrected chi connectivity index (χ0v) is 10.5. The van der Waals surface area contributed by atoms with Gasteiger partial charge in [-0.15, -0.1) is 0 Å². The number of methoxy groups -OCH3 is 1. The Morgan fingerprint density at radius 1 is 1.37 bits per heavy atom. The van der Waals surface area contributed by atoms with Crippen LogP contribution in [0.25, 0.3) is 6.08 Å². The molecule has 5 heteroatoms. The fraction of sp³-hybridized carbons (Fsp3) is 0.214. The molecule has 0 saturated carbocycles. The van der Waals surface area contributed by atoms with Crippen LogP contribution < -0.4 is 5.32 Å². The molecule has 0 radical (unpaired) electrons. The van der Waals surface area contributed by atoms with E-state index in [4.69, 9.17) is 13.6 Å². The van der Waals surface area contributed by atoms with Gasteiger partial charge in [-0.25, -0.2) is 0 Å². The lowest BCUT2D eigenvalue weighted by Gasteiger charge is -2.12. The third kappa shape index (κ3) is 3.86. The van der Waals surface area contributed by atoms with E-state index in [1.807, 2.05) is 0 Å². The second-order valence-electron chi connectivity index (χ2n) is 3.83. The lowest BCUT2D eigenvalue weighted by atomic mass is 10.2. The topological polar surface area (TPSA) is 64.6 Å². The van der Waals surface area contributed by atoms with Crippen molar-refractivity contribution in [1.29, 1.82) is 0 Å². The van der Waals surface area contributed by atoms with Gasteiger partial charge in [0.25, 0.3) is 0 Å². The molecule has 0 unspecified atom stereocenters. The summed E-state index contributed by atoms with van der Waals surface area (Å²) in [5.74, 6) is 1.09. The molecule has 1 N–H and O–H groups in total. The highest BCUT2D eigenvalue weighted by atomic mass is 16.5. The maximum Gasteiger partial charge on any atom is 0.244 e. The Kier molecular flexibility index (Phi) is 4.58. The molecule has 1 atom stereocenters. The average molecular weight is 261 g/mol. The molecule has 1 amide bonds. The number of carbonyl (C=O) groups excluding carboxylic acids is 1. The molecule has 2 rings (SSSR count). The van der Waals surface area contributed by atoms with Gasteiger partial charge in [0.15, 0.2) is 0 Å². The lowest BCUT2D eigenvalue weighted by molar-refractivity contribution is -0.117. The Morgan fingerprint density at radius 3 is 2.79 bits per heavy atom. The average Bonchev–Trinajstić information content (AvgIpc) is 3.10. The van der Waals surface area contributed by atoms with Gasteiger partial charge in [-0.05, 0) is 30.3 Å². The lowest BCUT2D eigenvalue weighted by Crippen LogP contribution is -2.27. The maximum atomic E-state index is 11.6. The molecule has 0 aliphatic rings. The molecule has 0 fully saturated rings. The maximum absolute atomic E-state index is 11.6. The van der Waals surface area contributed by atoms with Gasteiger partial charge < -0.3 is 18.9 Å². The molecule has 2 aromatic heterocycles. The number of hydrogen-bond donors (Lipinski definition) is 1. The summed E-state index contributed by atoms with van der Waals surface area (Å²) in [7, 11) is 1.57. The van der Waals surface area contributed by atoms with E-state index in [9.17, 15) is 4.79 Å². The van der Waals surface area contributed by atoms with Crippen LogP contribution in [-0.4, -0.2) is 19.6 Å². The first-order chi connectivity index (χ1) is 9.29. The number of hydrogen-bond acceptors (Lipinski definition) is 4. The highest BCUT2D eigenvalue weighted by molar-refractivity contribution is 5.91. The van der Waals surface area contributed by atoms with Crippen LogP contribution in [0.15, 0.2) is 51.7 Å². The number of furan rings is 2. The molecule has 100 valence electrons. The first kappa shape index (κ1) is 13.2. The van der Waals surface area contributed by atoms with Crippen LogP contribution in [0.4, 0.5) is 0 Å². The molecule has 19 heavy (non-hydrogen) atoms. The van der Waals surface area contributed by atoms with E-state index in [2.05, 4.69) is 5.32 Å². The molecule has 5 nitrogen and oxygen atoms in total. The molecule has 0 bridgehead atoms. The summed E-state index contributed by atoms with van der Waals surface area (Å²) in [4.78, 5) is 11.6. The molecule has 0 aliphatic heterocycles. The van der Waals surface area contributed by atoms with Crippen LogP contribution in [0.5, 0.6) is 0 Å². The van der Waals surface area contributed by atoms with E-state index >= 15 is 0 Å². The minimum atomic E-state index is -0.295. The number of nitrogens with one attached hydrogen (secondary N) is 1. The minimum Gasteiger partial charge on any atom is -0.467 e. The Bertz CT molecular complexity index is 514. The Labute approximate surface area is 110 Å². The van der Waals surface area contributed by atoms with Crippen molar-refractivity contribution in [2.45, 2.75) is 6.10 Å². The number of amides is 1. The molecule has 2 aromatic rings. The SMILES string of the molecule is CO[C@H](CNC(=O)/C=C/c1ccco1)c1ccco1. The normalized spacial score (nSPS) is 12.7. The van der Waals surface area contributed by atoms with Gasteiger partial charge in [-0.1, -0.05) is 0 Å². The Morgan fingerprint density at radius 2 is 2.16 bits per heavy atom. The van der Waals surface area contributed by atoms with Gasteiger partial charge in [-0.2, -0.15) is 0 Å². The van der Waals surface area contributed by atoms with Crippen molar-refractivity contribution in [3.8, 4) is 0 Å². The van der Waals surface area contributed by atoms with Crippen LogP contribution >= 0.6 is 0 Å². The number of carbonyl (C=O) groups is 1. The quantitative estimate of drug-likeness (QED) is 0.811. The van der Waals surface area contributed by atoms with Crippen LogP contribution in [0.1, 0.15) is 17.6 Å². The second-order valence-corrected chi connectivity index (χ2v) is 3.83. The summed E-state index contributed by atoms with van der Waals surface area (Å²) in [5, 5.41) is 2.73. The molecule has 2 heterocycles. The standard InChI is InChI=1S/C14H15NO4/c1-17-13(12-5-3-9-19-12)10-15-14(16)7-6-11-4-2-8-18-11/h2-9,13H,10H2,1H3,(H,15,16)/b7-6+/t13-/m1/s1. The van der Waals surface area contributed by atoms with Crippen LogP contribution in [0, 0.1) is 0 Å². The predicted octanol–water partition coefficient (Wildman–Crippen LogP) is 2.39. The van der Waals surface area contributed by atoms with Crippen LogP contribution in [0.3, 0.4) is 0 Å². The second kappa shape index (κ2) is 6.61. The zero-order chi connectivity index (χ0) is 13.5. The van der Waals surface area contributed by atoms with Crippen molar-refractivity contribution in [2.75, 3.05) is 13.7 Å². The van der Waals surface area contributed by atoms with Crippen LogP contribution in [-0.2, 0) is 9.53 Å². The number of ether oxygens (including phenoxy) is 1. The zero-order valence-electron chi connectivity index (χ0n) is 10.5. The first-order valence-corrected chi connectivity index (χ1v) is 5.85. The van der Waals surface area contributed by atoms with Crippen molar-refractivity contribution < 1.29 is 18.4 Å². The van der Waals surface area contributed by atoms with E-state index in [-0.39, 0.29) is 12.0 Å². The third-order valence-corrected chi connectivity index (χ3v) is 2.55. The Balaban J connectivity index is 1.82. The molecule has 0 aliphatic carbocycles. The number of rotatable bonds is 6. The summed E-state index contributed by atoms with van der Waals surface area (Å²) in [6.07, 6.45) is 5.84. The highest BCUT2D eigenvalue weighted by Crippen LogP contribution is 2.15. The van der Waals surface area contributed by atoms with Gasteiger partial charge in [0.05, 0.1) is 19.1 Å². The fourth-order valence-corrected chi connectivity index (χ4v) is 1.57. The monoisotopic (exact) mass is 261 g/mol. The molecular weight excluding hydrogens is 246 g/mol. The van der Waals surface area contributed by atoms with Crippen molar-refractivity contribution in [3.05, 3.63) is 54.4 Å². The van der Waals surface area contributed by atoms with E-state index < -0.39 is 0 Å². The van der Waals surface area contributed by atoms with E-state index in [0.717, 1.165) is 0 Å². The van der Waals surface area contributed by atoms with Crippen LogP contribution in [0.2, 0.25) is 0 Å². The largest absolute Gasteiger partial charge is 0.467 e.